The number of nitrogens with zero attached hydrogens (tertiary/aromatic N) is 1. The van der Waals surface area contributed by atoms with Gasteiger partial charge in [0.1, 0.15) is 12.1 Å². The van der Waals surface area contributed by atoms with Crippen LogP contribution in [0.15, 0.2) is 0 Å². The lowest BCUT2D eigenvalue weighted by atomic mass is 9.97. The molecule has 2 unspecified atom stereocenters. The number of piperazine rings is 1. The number of amides is 2. The van der Waals surface area contributed by atoms with Crippen LogP contribution in [0.25, 0.3) is 0 Å². The van der Waals surface area contributed by atoms with Crippen LogP contribution in [0.5, 0.6) is 0 Å². The standard InChI is InChI=1S/C16H26N2O2/c1-5-7-8-9-10-18-14(6-2)15(19)17-13(16(18)20)11-12(3)4/h1,12-14H,6-11H2,2-4H3,(H,17,19). The van der Waals surface area contributed by atoms with Gasteiger partial charge in [0.15, 0.2) is 0 Å². The number of hydrogen-bond acceptors (Lipinski definition) is 2. The molecule has 2 amide bonds. The fourth-order valence-corrected chi connectivity index (χ4v) is 2.64. The van der Waals surface area contributed by atoms with E-state index in [4.69, 9.17) is 6.42 Å². The maximum atomic E-state index is 12.5. The molecule has 2 atom stereocenters. The number of hydrogen-bond donors (Lipinski definition) is 1. The molecule has 1 aliphatic rings. The van der Waals surface area contributed by atoms with Crippen molar-refractivity contribution < 1.29 is 9.59 Å². The van der Waals surface area contributed by atoms with Gasteiger partial charge in [-0.2, -0.15) is 0 Å². The van der Waals surface area contributed by atoms with E-state index in [1.165, 1.54) is 0 Å². The third kappa shape index (κ3) is 4.26. The van der Waals surface area contributed by atoms with Crippen LogP contribution >= 0.6 is 0 Å². The molecule has 112 valence electrons. The van der Waals surface area contributed by atoms with E-state index < -0.39 is 0 Å². The second-order valence-corrected chi connectivity index (χ2v) is 5.81. The Morgan fingerprint density at radius 3 is 2.60 bits per heavy atom. The topological polar surface area (TPSA) is 49.4 Å². The molecule has 4 heteroatoms. The number of carbonyl (C=O) groups excluding carboxylic acids is 2. The Morgan fingerprint density at radius 1 is 1.35 bits per heavy atom. The average molecular weight is 278 g/mol. The lowest BCUT2D eigenvalue weighted by Crippen LogP contribution is -2.63. The SMILES string of the molecule is C#CCCCCN1C(=O)C(CC(C)C)NC(=O)C1CC. The third-order valence-electron chi connectivity index (χ3n) is 3.64. The Hall–Kier alpha value is -1.50. The van der Waals surface area contributed by atoms with Crippen molar-refractivity contribution in [3.8, 4) is 12.3 Å². The molecule has 0 spiro atoms. The van der Waals surface area contributed by atoms with Crippen LogP contribution in [-0.4, -0.2) is 35.3 Å². The zero-order valence-corrected chi connectivity index (χ0v) is 12.8. The molecule has 0 radical (unpaired) electrons. The van der Waals surface area contributed by atoms with Crippen molar-refractivity contribution >= 4 is 11.8 Å². The van der Waals surface area contributed by atoms with Crippen molar-refractivity contribution in [3.05, 3.63) is 0 Å². The summed E-state index contributed by atoms with van der Waals surface area (Å²) in [5.41, 5.74) is 0. The largest absolute Gasteiger partial charge is 0.342 e. The van der Waals surface area contributed by atoms with Gasteiger partial charge in [0.2, 0.25) is 11.8 Å². The summed E-state index contributed by atoms with van der Waals surface area (Å²) in [6, 6.07) is -0.685. The van der Waals surface area contributed by atoms with Gasteiger partial charge in [0, 0.05) is 13.0 Å². The van der Waals surface area contributed by atoms with E-state index in [-0.39, 0.29) is 23.9 Å². The summed E-state index contributed by atoms with van der Waals surface area (Å²) in [7, 11) is 0. The van der Waals surface area contributed by atoms with Crippen molar-refractivity contribution in [2.24, 2.45) is 5.92 Å². The van der Waals surface area contributed by atoms with Gasteiger partial charge < -0.3 is 10.2 Å². The molecular weight excluding hydrogens is 252 g/mol. The number of unbranched alkanes of at least 4 members (excludes halogenated alkanes) is 2. The summed E-state index contributed by atoms with van der Waals surface area (Å²) >= 11 is 0. The normalized spacial score (nSPS) is 22.9. The van der Waals surface area contributed by atoms with Crippen LogP contribution in [0, 0.1) is 18.3 Å². The van der Waals surface area contributed by atoms with Gasteiger partial charge in [0.25, 0.3) is 0 Å². The summed E-state index contributed by atoms with van der Waals surface area (Å²) in [6.45, 7) is 6.68. The highest BCUT2D eigenvalue weighted by Gasteiger charge is 2.39. The average Bonchev–Trinajstić information content (AvgIpc) is 2.39. The van der Waals surface area contributed by atoms with E-state index in [9.17, 15) is 9.59 Å². The molecule has 1 aliphatic heterocycles. The summed E-state index contributed by atoms with van der Waals surface area (Å²) in [5, 5.41) is 2.87. The maximum Gasteiger partial charge on any atom is 0.245 e. The Bertz CT molecular complexity index is 384. The van der Waals surface area contributed by atoms with Gasteiger partial charge in [-0.1, -0.05) is 20.8 Å². The smallest absolute Gasteiger partial charge is 0.245 e. The van der Waals surface area contributed by atoms with Crippen LogP contribution in [0.3, 0.4) is 0 Å². The van der Waals surface area contributed by atoms with Crippen LogP contribution in [0.4, 0.5) is 0 Å². The Kier molecular flexibility index (Phi) is 6.57. The number of nitrogens with one attached hydrogen (secondary N) is 1. The van der Waals surface area contributed by atoms with Gasteiger partial charge in [-0.15, -0.1) is 12.3 Å². The minimum atomic E-state index is -0.363. The third-order valence-corrected chi connectivity index (χ3v) is 3.64. The highest BCUT2D eigenvalue weighted by Crippen LogP contribution is 2.18. The molecule has 0 aromatic carbocycles. The van der Waals surface area contributed by atoms with Crippen LogP contribution in [-0.2, 0) is 9.59 Å². The van der Waals surface area contributed by atoms with Gasteiger partial charge in [-0.25, -0.2) is 0 Å². The van der Waals surface area contributed by atoms with Gasteiger partial charge in [0.05, 0.1) is 0 Å². The first-order chi connectivity index (χ1) is 9.51. The fraction of sp³-hybridized carbons (Fsp3) is 0.750. The second-order valence-electron chi connectivity index (χ2n) is 5.81. The molecule has 1 fully saturated rings. The predicted molar refractivity (Wildman–Crippen MR) is 79.9 cm³/mol. The van der Waals surface area contributed by atoms with Crippen molar-refractivity contribution in [1.29, 1.82) is 0 Å². The molecule has 0 aromatic heterocycles. The zero-order valence-electron chi connectivity index (χ0n) is 12.8. The first-order valence-electron chi connectivity index (χ1n) is 7.55. The Balaban J connectivity index is 2.70. The van der Waals surface area contributed by atoms with Crippen LogP contribution in [0.2, 0.25) is 0 Å². The first-order valence-corrected chi connectivity index (χ1v) is 7.55. The summed E-state index contributed by atoms with van der Waals surface area (Å²) in [4.78, 5) is 26.4. The van der Waals surface area contributed by atoms with E-state index in [2.05, 4.69) is 25.1 Å². The maximum absolute atomic E-state index is 12.5. The molecule has 0 aromatic rings. The lowest BCUT2D eigenvalue weighted by molar-refractivity contribution is -0.150. The number of terminal acetylenes is 1. The van der Waals surface area contributed by atoms with Crippen molar-refractivity contribution in [3.63, 3.8) is 0 Å². The first kappa shape index (κ1) is 16.6. The second kappa shape index (κ2) is 7.94. The Labute approximate surface area is 122 Å². The number of carbonyl (C=O) groups is 2. The van der Waals surface area contributed by atoms with E-state index in [0.29, 0.717) is 25.3 Å². The molecule has 4 nitrogen and oxygen atoms in total. The highest BCUT2D eigenvalue weighted by atomic mass is 16.2. The molecule has 1 rings (SSSR count). The molecule has 0 bridgehead atoms. The predicted octanol–water partition coefficient (Wildman–Crippen LogP) is 1.94. The highest BCUT2D eigenvalue weighted by molar-refractivity contribution is 5.96. The molecule has 1 saturated heterocycles. The van der Waals surface area contributed by atoms with Gasteiger partial charge in [-0.3, -0.25) is 9.59 Å². The number of rotatable bonds is 7. The molecular formula is C16H26N2O2. The van der Waals surface area contributed by atoms with Gasteiger partial charge in [-0.05, 0) is 31.6 Å². The molecule has 20 heavy (non-hydrogen) atoms. The monoisotopic (exact) mass is 278 g/mol. The fourth-order valence-electron chi connectivity index (χ4n) is 2.64. The minimum absolute atomic E-state index is 0.0188. The Morgan fingerprint density at radius 2 is 2.05 bits per heavy atom. The minimum Gasteiger partial charge on any atom is -0.342 e. The molecule has 0 saturated carbocycles. The van der Waals surface area contributed by atoms with E-state index >= 15 is 0 Å². The van der Waals surface area contributed by atoms with Crippen LogP contribution < -0.4 is 5.32 Å². The molecule has 1 heterocycles. The summed E-state index contributed by atoms with van der Waals surface area (Å²) in [5.74, 6) is 3.03. The molecule has 1 N–H and O–H groups in total. The summed E-state index contributed by atoms with van der Waals surface area (Å²) < 4.78 is 0. The van der Waals surface area contributed by atoms with Crippen molar-refractivity contribution in [2.45, 2.75) is 65.0 Å². The molecule has 0 aliphatic carbocycles. The van der Waals surface area contributed by atoms with Gasteiger partial charge >= 0.3 is 0 Å². The van der Waals surface area contributed by atoms with E-state index in [1.54, 1.807) is 4.90 Å². The van der Waals surface area contributed by atoms with E-state index in [1.807, 2.05) is 6.92 Å². The van der Waals surface area contributed by atoms with E-state index in [0.717, 1.165) is 19.3 Å². The van der Waals surface area contributed by atoms with Crippen molar-refractivity contribution in [2.75, 3.05) is 6.54 Å². The van der Waals surface area contributed by atoms with Crippen molar-refractivity contribution in [1.82, 2.24) is 10.2 Å². The lowest BCUT2D eigenvalue weighted by Gasteiger charge is -2.39. The quantitative estimate of drug-likeness (QED) is 0.571. The zero-order chi connectivity index (χ0) is 15.1. The van der Waals surface area contributed by atoms with Crippen LogP contribution in [0.1, 0.15) is 52.9 Å². The summed E-state index contributed by atoms with van der Waals surface area (Å²) in [6.07, 6.45) is 9.06.